The summed E-state index contributed by atoms with van der Waals surface area (Å²) in [7, 11) is 0. The maximum Gasteiger partial charge on any atom is 0.182 e. The van der Waals surface area contributed by atoms with E-state index in [1.807, 2.05) is 13.1 Å². The second kappa shape index (κ2) is 7.09. The number of ether oxygens (including phenoxy) is 1. The maximum atomic E-state index is 12.7. The van der Waals surface area contributed by atoms with E-state index in [1.165, 1.54) is 17.0 Å². The van der Waals surface area contributed by atoms with Gasteiger partial charge in [-0.2, -0.15) is 0 Å². The van der Waals surface area contributed by atoms with Crippen LogP contribution in [0.4, 0.5) is 9.52 Å². The fourth-order valence-corrected chi connectivity index (χ4v) is 2.27. The number of benzene rings is 1. The molecule has 0 aliphatic carbocycles. The van der Waals surface area contributed by atoms with Crippen molar-refractivity contribution in [2.24, 2.45) is 0 Å². The number of nitrogens with zero attached hydrogens (tertiary/aromatic N) is 1. The molecule has 2 rings (SSSR count). The minimum Gasteiger partial charge on any atom is -0.494 e. The highest BCUT2D eigenvalue weighted by atomic mass is 32.1. The molecular formula is C14H17FN2OS. The smallest absolute Gasteiger partial charge is 0.182 e. The molecule has 3 nitrogen and oxygen atoms in total. The molecule has 0 saturated heterocycles. The quantitative estimate of drug-likeness (QED) is 0.782. The van der Waals surface area contributed by atoms with E-state index in [4.69, 9.17) is 4.74 Å². The van der Waals surface area contributed by atoms with Gasteiger partial charge in [0.15, 0.2) is 5.13 Å². The van der Waals surface area contributed by atoms with Gasteiger partial charge in [0.25, 0.3) is 0 Å². The third-order valence-electron chi connectivity index (χ3n) is 2.55. The molecule has 2 aromatic rings. The third-order valence-corrected chi connectivity index (χ3v) is 3.42. The Bertz CT molecular complexity index is 498. The Kier molecular flexibility index (Phi) is 5.15. The van der Waals surface area contributed by atoms with Gasteiger partial charge in [-0.15, -0.1) is 11.3 Å². The number of nitrogens with one attached hydrogen (secondary N) is 1. The highest BCUT2D eigenvalue weighted by molar-refractivity contribution is 7.15. The fourth-order valence-electron chi connectivity index (χ4n) is 1.58. The van der Waals surface area contributed by atoms with Gasteiger partial charge in [0, 0.05) is 17.6 Å². The number of hydrogen-bond acceptors (Lipinski definition) is 4. The van der Waals surface area contributed by atoms with Gasteiger partial charge >= 0.3 is 0 Å². The highest BCUT2D eigenvalue weighted by Crippen LogP contribution is 2.16. The second-order valence-corrected chi connectivity index (χ2v) is 5.45. The Morgan fingerprint density at radius 2 is 2.05 bits per heavy atom. The standard InChI is InChI=1S/C14H17FN2OS/c1-11-10-17-14(19-11)16-8-2-3-9-18-13-6-4-12(15)5-7-13/h4-7,10H,2-3,8-9H2,1H3,(H,16,17). The van der Waals surface area contributed by atoms with Crippen LogP contribution in [-0.2, 0) is 0 Å². The molecule has 0 fully saturated rings. The zero-order chi connectivity index (χ0) is 13.5. The minimum absolute atomic E-state index is 0.240. The molecule has 0 atom stereocenters. The van der Waals surface area contributed by atoms with Crippen molar-refractivity contribution in [2.45, 2.75) is 19.8 Å². The number of halogens is 1. The summed E-state index contributed by atoms with van der Waals surface area (Å²) in [6.07, 6.45) is 3.83. The lowest BCUT2D eigenvalue weighted by Crippen LogP contribution is -2.04. The summed E-state index contributed by atoms with van der Waals surface area (Å²) in [6.45, 7) is 3.57. The van der Waals surface area contributed by atoms with Crippen molar-refractivity contribution < 1.29 is 9.13 Å². The van der Waals surface area contributed by atoms with Gasteiger partial charge in [-0.25, -0.2) is 9.37 Å². The molecule has 0 aliphatic rings. The second-order valence-electron chi connectivity index (χ2n) is 4.21. The third kappa shape index (κ3) is 4.87. The van der Waals surface area contributed by atoms with Crippen LogP contribution in [0.5, 0.6) is 5.75 Å². The van der Waals surface area contributed by atoms with E-state index in [9.17, 15) is 4.39 Å². The molecule has 0 unspecified atom stereocenters. The number of aromatic nitrogens is 1. The van der Waals surface area contributed by atoms with Crippen molar-refractivity contribution in [3.63, 3.8) is 0 Å². The molecule has 0 saturated carbocycles. The fraction of sp³-hybridized carbons (Fsp3) is 0.357. The van der Waals surface area contributed by atoms with Crippen LogP contribution >= 0.6 is 11.3 Å². The highest BCUT2D eigenvalue weighted by Gasteiger charge is 1.97. The van der Waals surface area contributed by atoms with Gasteiger partial charge in [-0.3, -0.25) is 0 Å². The predicted molar refractivity (Wildman–Crippen MR) is 76.5 cm³/mol. The Balaban J connectivity index is 1.56. The van der Waals surface area contributed by atoms with Crippen LogP contribution in [0.25, 0.3) is 0 Å². The summed E-state index contributed by atoms with van der Waals surface area (Å²) in [4.78, 5) is 5.44. The lowest BCUT2D eigenvalue weighted by Gasteiger charge is -2.06. The molecule has 1 heterocycles. The van der Waals surface area contributed by atoms with Gasteiger partial charge in [0.2, 0.25) is 0 Å². The summed E-state index contributed by atoms with van der Waals surface area (Å²) in [5.41, 5.74) is 0. The van der Waals surface area contributed by atoms with Crippen LogP contribution in [0, 0.1) is 12.7 Å². The zero-order valence-electron chi connectivity index (χ0n) is 10.9. The summed E-state index contributed by atoms with van der Waals surface area (Å²) >= 11 is 1.66. The number of aryl methyl sites for hydroxylation is 1. The van der Waals surface area contributed by atoms with E-state index in [1.54, 1.807) is 23.5 Å². The molecular weight excluding hydrogens is 263 g/mol. The van der Waals surface area contributed by atoms with Crippen molar-refractivity contribution >= 4 is 16.5 Å². The van der Waals surface area contributed by atoms with Crippen molar-refractivity contribution in [2.75, 3.05) is 18.5 Å². The Labute approximate surface area is 116 Å². The number of anilines is 1. The summed E-state index contributed by atoms with van der Waals surface area (Å²) in [5, 5.41) is 4.24. The first-order valence-electron chi connectivity index (χ1n) is 6.29. The van der Waals surface area contributed by atoms with Gasteiger partial charge in [-0.05, 0) is 44.0 Å². The molecule has 0 bridgehead atoms. The Hall–Kier alpha value is -1.62. The van der Waals surface area contributed by atoms with Gasteiger partial charge < -0.3 is 10.1 Å². The van der Waals surface area contributed by atoms with E-state index in [0.717, 1.165) is 24.5 Å². The number of unbranched alkanes of at least 4 members (excludes halogenated alkanes) is 1. The van der Waals surface area contributed by atoms with Crippen LogP contribution in [0.15, 0.2) is 30.5 Å². The maximum absolute atomic E-state index is 12.7. The Morgan fingerprint density at radius 3 is 2.74 bits per heavy atom. The molecule has 19 heavy (non-hydrogen) atoms. The van der Waals surface area contributed by atoms with Crippen molar-refractivity contribution in [1.82, 2.24) is 4.98 Å². The van der Waals surface area contributed by atoms with Crippen LogP contribution in [0.2, 0.25) is 0 Å². The van der Waals surface area contributed by atoms with Crippen LogP contribution in [-0.4, -0.2) is 18.1 Å². The monoisotopic (exact) mass is 280 g/mol. The van der Waals surface area contributed by atoms with E-state index in [-0.39, 0.29) is 5.82 Å². The summed E-state index contributed by atoms with van der Waals surface area (Å²) in [6, 6.07) is 6.10. The average Bonchev–Trinajstić information content (AvgIpc) is 2.81. The SMILES string of the molecule is Cc1cnc(NCCCCOc2ccc(F)cc2)s1. The number of thiazole rings is 1. The molecule has 0 radical (unpaired) electrons. The lowest BCUT2D eigenvalue weighted by atomic mass is 10.3. The first kappa shape index (κ1) is 13.8. The van der Waals surface area contributed by atoms with Crippen molar-refractivity contribution in [3.05, 3.63) is 41.2 Å². The normalized spacial score (nSPS) is 10.4. The zero-order valence-corrected chi connectivity index (χ0v) is 11.7. The lowest BCUT2D eigenvalue weighted by molar-refractivity contribution is 0.308. The molecule has 0 aliphatic heterocycles. The van der Waals surface area contributed by atoms with E-state index < -0.39 is 0 Å². The van der Waals surface area contributed by atoms with Crippen LogP contribution in [0.3, 0.4) is 0 Å². The topological polar surface area (TPSA) is 34.2 Å². The van der Waals surface area contributed by atoms with E-state index >= 15 is 0 Å². The molecule has 1 N–H and O–H groups in total. The van der Waals surface area contributed by atoms with Gasteiger partial charge in [0.05, 0.1) is 6.61 Å². The number of rotatable bonds is 7. The van der Waals surface area contributed by atoms with Gasteiger partial charge in [0.1, 0.15) is 11.6 Å². The number of hydrogen-bond donors (Lipinski definition) is 1. The van der Waals surface area contributed by atoms with E-state index in [2.05, 4.69) is 10.3 Å². The Morgan fingerprint density at radius 1 is 1.26 bits per heavy atom. The molecule has 0 amide bonds. The van der Waals surface area contributed by atoms with Crippen LogP contribution < -0.4 is 10.1 Å². The van der Waals surface area contributed by atoms with Crippen molar-refractivity contribution in [1.29, 1.82) is 0 Å². The minimum atomic E-state index is -0.240. The first-order chi connectivity index (χ1) is 9.24. The molecule has 0 spiro atoms. The predicted octanol–water partition coefficient (Wildman–Crippen LogP) is 3.86. The largest absolute Gasteiger partial charge is 0.494 e. The van der Waals surface area contributed by atoms with Crippen LogP contribution in [0.1, 0.15) is 17.7 Å². The van der Waals surface area contributed by atoms with Crippen molar-refractivity contribution in [3.8, 4) is 5.75 Å². The average molecular weight is 280 g/mol. The van der Waals surface area contributed by atoms with E-state index in [0.29, 0.717) is 12.4 Å². The molecule has 5 heteroatoms. The molecule has 102 valence electrons. The first-order valence-corrected chi connectivity index (χ1v) is 7.10. The molecule has 1 aromatic heterocycles. The molecule has 1 aromatic carbocycles. The summed E-state index contributed by atoms with van der Waals surface area (Å²) < 4.78 is 18.2. The summed E-state index contributed by atoms with van der Waals surface area (Å²) in [5.74, 6) is 0.472. The van der Waals surface area contributed by atoms with Gasteiger partial charge in [-0.1, -0.05) is 0 Å².